The van der Waals surface area contributed by atoms with Gasteiger partial charge < -0.3 is 10.2 Å². The van der Waals surface area contributed by atoms with Gasteiger partial charge in [-0.2, -0.15) is 4.31 Å². The Labute approximate surface area is 104 Å². The molecule has 0 saturated carbocycles. The molecule has 0 radical (unpaired) electrons. The third-order valence-corrected chi connectivity index (χ3v) is 5.45. The lowest BCUT2D eigenvalue weighted by molar-refractivity contribution is 0.213. The van der Waals surface area contributed by atoms with Gasteiger partial charge >= 0.3 is 0 Å². The number of nitrogens with zero attached hydrogens (tertiary/aromatic N) is 2. The van der Waals surface area contributed by atoms with Crippen LogP contribution in [-0.2, 0) is 10.0 Å². The summed E-state index contributed by atoms with van der Waals surface area (Å²) in [6.07, 6.45) is 3.84. The van der Waals surface area contributed by atoms with E-state index in [1.165, 1.54) is 19.3 Å². The van der Waals surface area contributed by atoms with Crippen LogP contribution in [0, 0.1) is 0 Å². The van der Waals surface area contributed by atoms with E-state index in [9.17, 15) is 8.42 Å². The van der Waals surface area contributed by atoms with Gasteiger partial charge in [-0.3, -0.25) is 0 Å². The van der Waals surface area contributed by atoms with Crippen LogP contribution in [0.15, 0.2) is 0 Å². The van der Waals surface area contributed by atoms with Crippen LogP contribution in [0.1, 0.15) is 19.3 Å². The van der Waals surface area contributed by atoms with Gasteiger partial charge in [0.15, 0.2) is 0 Å². The van der Waals surface area contributed by atoms with E-state index >= 15 is 0 Å². The lowest BCUT2D eigenvalue weighted by atomic mass is 10.1. The van der Waals surface area contributed by atoms with E-state index in [2.05, 4.69) is 10.2 Å². The predicted molar refractivity (Wildman–Crippen MR) is 68.5 cm³/mol. The minimum absolute atomic E-state index is 0.243. The molecule has 2 heterocycles. The van der Waals surface area contributed by atoms with E-state index in [0.717, 1.165) is 26.2 Å². The summed E-state index contributed by atoms with van der Waals surface area (Å²) in [5, 5.41) is 3.14. The first-order valence-electron chi connectivity index (χ1n) is 6.59. The zero-order valence-electron chi connectivity index (χ0n) is 10.4. The lowest BCUT2D eigenvalue weighted by Crippen LogP contribution is -2.41. The number of hydrogen-bond donors (Lipinski definition) is 1. The van der Waals surface area contributed by atoms with Crippen LogP contribution < -0.4 is 5.32 Å². The maximum atomic E-state index is 11.9. The Kier molecular flexibility index (Phi) is 4.78. The number of sulfonamides is 1. The molecule has 2 rings (SSSR count). The predicted octanol–water partition coefficient (Wildman–Crippen LogP) is -0.293. The van der Waals surface area contributed by atoms with Gasteiger partial charge in [0.2, 0.25) is 10.0 Å². The van der Waals surface area contributed by atoms with E-state index < -0.39 is 10.0 Å². The van der Waals surface area contributed by atoms with E-state index in [-0.39, 0.29) is 5.75 Å². The second-order valence-electron chi connectivity index (χ2n) is 4.87. The number of nitrogens with one attached hydrogen (secondary N) is 1. The molecule has 1 N–H and O–H groups in total. The summed E-state index contributed by atoms with van der Waals surface area (Å²) in [4.78, 5) is 2.39. The van der Waals surface area contributed by atoms with Gasteiger partial charge in [0.1, 0.15) is 0 Å². The van der Waals surface area contributed by atoms with Gasteiger partial charge in [-0.05, 0) is 25.9 Å². The van der Waals surface area contributed by atoms with Gasteiger partial charge in [-0.25, -0.2) is 8.42 Å². The second-order valence-corrected chi connectivity index (χ2v) is 6.96. The maximum Gasteiger partial charge on any atom is 0.215 e. The Hall–Kier alpha value is -0.170. The van der Waals surface area contributed by atoms with E-state index in [1.54, 1.807) is 4.31 Å². The van der Waals surface area contributed by atoms with Crippen molar-refractivity contribution in [2.45, 2.75) is 19.3 Å². The first-order valence-corrected chi connectivity index (χ1v) is 8.20. The summed E-state index contributed by atoms with van der Waals surface area (Å²) in [6, 6.07) is 0. The van der Waals surface area contributed by atoms with Crippen LogP contribution in [0.25, 0.3) is 0 Å². The number of likely N-dealkylation sites (tertiary alicyclic amines) is 1. The Bertz CT molecular complexity index is 326. The molecule has 0 aromatic rings. The maximum absolute atomic E-state index is 11.9. The third kappa shape index (κ3) is 3.91. The van der Waals surface area contributed by atoms with E-state index in [1.807, 2.05) is 0 Å². The fourth-order valence-electron chi connectivity index (χ4n) is 2.48. The molecule has 17 heavy (non-hydrogen) atoms. The monoisotopic (exact) mass is 261 g/mol. The molecule has 0 aromatic carbocycles. The standard InChI is InChI=1S/C11H23N3O2S/c15-17(16)11-5-12-4-8-14(17)10-9-13-6-2-1-3-7-13/h12H,1-11H2. The molecule has 0 atom stereocenters. The molecule has 2 aliphatic rings. The number of hydrogen-bond acceptors (Lipinski definition) is 4. The van der Waals surface area contributed by atoms with Crippen molar-refractivity contribution in [1.82, 2.24) is 14.5 Å². The Balaban J connectivity index is 1.83. The first kappa shape index (κ1) is 13.3. The zero-order chi connectivity index (χ0) is 12.1. The molecular weight excluding hydrogens is 238 g/mol. The van der Waals surface area contributed by atoms with Crippen molar-refractivity contribution in [3.63, 3.8) is 0 Å². The van der Waals surface area contributed by atoms with Crippen molar-refractivity contribution in [2.75, 3.05) is 51.6 Å². The molecule has 0 aromatic heterocycles. The molecule has 5 nitrogen and oxygen atoms in total. The normalized spacial score (nSPS) is 27.8. The molecule has 2 fully saturated rings. The highest BCUT2D eigenvalue weighted by Crippen LogP contribution is 2.09. The minimum atomic E-state index is -3.02. The first-order chi connectivity index (χ1) is 8.18. The Morgan fingerprint density at radius 1 is 0.941 bits per heavy atom. The van der Waals surface area contributed by atoms with Crippen molar-refractivity contribution in [3.05, 3.63) is 0 Å². The summed E-state index contributed by atoms with van der Waals surface area (Å²) in [5.74, 6) is 0.243. The van der Waals surface area contributed by atoms with Crippen LogP contribution in [-0.4, -0.2) is 69.2 Å². The van der Waals surface area contributed by atoms with Crippen molar-refractivity contribution in [1.29, 1.82) is 0 Å². The van der Waals surface area contributed by atoms with Crippen LogP contribution in [0.3, 0.4) is 0 Å². The highest BCUT2D eigenvalue weighted by Gasteiger charge is 2.24. The van der Waals surface area contributed by atoms with Crippen LogP contribution in [0.5, 0.6) is 0 Å². The molecule has 6 heteroatoms. The topological polar surface area (TPSA) is 52.7 Å². The third-order valence-electron chi connectivity index (χ3n) is 3.58. The SMILES string of the molecule is O=S1(=O)CCNCCN1CCN1CCCCC1. The van der Waals surface area contributed by atoms with Crippen molar-refractivity contribution in [3.8, 4) is 0 Å². The van der Waals surface area contributed by atoms with E-state index in [0.29, 0.717) is 19.6 Å². The molecule has 0 unspecified atom stereocenters. The minimum Gasteiger partial charge on any atom is -0.314 e. The average Bonchev–Trinajstić information content (AvgIpc) is 2.49. The molecule has 2 saturated heterocycles. The molecule has 0 aliphatic carbocycles. The smallest absolute Gasteiger partial charge is 0.215 e. The fourth-order valence-corrected chi connectivity index (χ4v) is 3.87. The van der Waals surface area contributed by atoms with Crippen molar-refractivity contribution >= 4 is 10.0 Å². The molecule has 0 bridgehead atoms. The summed E-state index contributed by atoms with van der Waals surface area (Å²) < 4.78 is 25.5. The molecule has 2 aliphatic heterocycles. The molecule has 0 amide bonds. The second kappa shape index (κ2) is 6.13. The zero-order valence-corrected chi connectivity index (χ0v) is 11.2. The van der Waals surface area contributed by atoms with Crippen LogP contribution in [0.4, 0.5) is 0 Å². The van der Waals surface area contributed by atoms with Crippen LogP contribution in [0.2, 0.25) is 0 Å². The van der Waals surface area contributed by atoms with Gasteiger partial charge in [0, 0.05) is 32.7 Å². The van der Waals surface area contributed by atoms with Crippen LogP contribution >= 0.6 is 0 Å². The molecule has 100 valence electrons. The summed E-state index contributed by atoms with van der Waals surface area (Å²) in [6.45, 7) is 5.79. The van der Waals surface area contributed by atoms with Gasteiger partial charge in [0.25, 0.3) is 0 Å². The van der Waals surface area contributed by atoms with Gasteiger partial charge in [0.05, 0.1) is 5.75 Å². The molecule has 0 spiro atoms. The average molecular weight is 261 g/mol. The van der Waals surface area contributed by atoms with Gasteiger partial charge in [-0.1, -0.05) is 6.42 Å². The number of piperidine rings is 1. The summed E-state index contributed by atoms with van der Waals surface area (Å²) in [5.41, 5.74) is 0. The highest BCUT2D eigenvalue weighted by atomic mass is 32.2. The van der Waals surface area contributed by atoms with E-state index in [4.69, 9.17) is 0 Å². The highest BCUT2D eigenvalue weighted by molar-refractivity contribution is 7.89. The number of rotatable bonds is 3. The van der Waals surface area contributed by atoms with Crippen molar-refractivity contribution in [2.24, 2.45) is 0 Å². The lowest BCUT2D eigenvalue weighted by Gasteiger charge is -2.29. The van der Waals surface area contributed by atoms with Crippen molar-refractivity contribution < 1.29 is 8.42 Å². The summed E-state index contributed by atoms with van der Waals surface area (Å²) >= 11 is 0. The Morgan fingerprint density at radius 2 is 1.71 bits per heavy atom. The largest absolute Gasteiger partial charge is 0.314 e. The van der Waals surface area contributed by atoms with Gasteiger partial charge in [-0.15, -0.1) is 0 Å². The summed E-state index contributed by atoms with van der Waals surface area (Å²) in [7, 11) is -3.02. The quantitative estimate of drug-likeness (QED) is 0.758. The molecular formula is C11H23N3O2S. The Morgan fingerprint density at radius 3 is 2.47 bits per heavy atom. The fraction of sp³-hybridized carbons (Fsp3) is 1.00.